The second kappa shape index (κ2) is 11.8. The van der Waals surface area contributed by atoms with Gasteiger partial charge in [-0.1, -0.05) is 52.0 Å². The highest BCUT2D eigenvalue weighted by molar-refractivity contribution is 6.17. The van der Waals surface area contributed by atoms with Crippen LogP contribution in [0.25, 0.3) is 0 Å². The summed E-state index contributed by atoms with van der Waals surface area (Å²) in [6.07, 6.45) is 0.847. The van der Waals surface area contributed by atoms with E-state index in [1.54, 1.807) is 0 Å². The van der Waals surface area contributed by atoms with Gasteiger partial charge in [0.25, 0.3) is 0 Å². The Balaban J connectivity index is 0.00000163. The molecule has 0 atom stereocenters. The zero-order chi connectivity index (χ0) is 19.4. The summed E-state index contributed by atoms with van der Waals surface area (Å²) in [4.78, 5) is 0. The standard InChI is InChI=1S/C20H25ClO3.C2H6/c1-20(2,17-6-10-19(11-7-17)24-15-13-22)16-4-8-18(9-5-16)23-14-3-12-21;1-2/h4-11,22H,3,12-15H2,1-2H3;1-2H3. The van der Waals surface area contributed by atoms with Gasteiger partial charge >= 0.3 is 0 Å². The zero-order valence-electron chi connectivity index (χ0n) is 16.3. The molecule has 2 aromatic rings. The largest absolute Gasteiger partial charge is 0.494 e. The van der Waals surface area contributed by atoms with Crippen LogP contribution in [0.5, 0.6) is 11.5 Å². The third-order valence-corrected chi connectivity index (χ3v) is 4.33. The van der Waals surface area contributed by atoms with Crippen molar-refractivity contribution in [1.82, 2.24) is 0 Å². The quantitative estimate of drug-likeness (QED) is 0.468. The number of halogens is 1. The molecule has 0 saturated carbocycles. The van der Waals surface area contributed by atoms with Gasteiger partial charge < -0.3 is 14.6 Å². The van der Waals surface area contributed by atoms with Crippen LogP contribution in [-0.4, -0.2) is 30.8 Å². The fourth-order valence-corrected chi connectivity index (χ4v) is 2.62. The molecule has 0 amide bonds. The molecule has 4 heteroatoms. The Morgan fingerprint density at radius 3 is 1.62 bits per heavy atom. The van der Waals surface area contributed by atoms with Crippen LogP contribution < -0.4 is 9.47 Å². The minimum Gasteiger partial charge on any atom is -0.494 e. The second-order valence-electron chi connectivity index (χ2n) is 6.14. The number of aliphatic hydroxyl groups is 1. The van der Waals surface area contributed by atoms with Crippen LogP contribution in [0.1, 0.15) is 45.2 Å². The van der Waals surface area contributed by atoms with Crippen LogP contribution in [0, 0.1) is 0 Å². The zero-order valence-corrected chi connectivity index (χ0v) is 17.1. The number of ether oxygens (including phenoxy) is 2. The van der Waals surface area contributed by atoms with E-state index >= 15 is 0 Å². The smallest absolute Gasteiger partial charge is 0.119 e. The maximum atomic E-state index is 8.81. The molecule has 0 heterocycles. The molecule has 3 nitrogen and oxygen atoms in total. The molecule has 26 heavy (non-hydrogen) atoms. The monoisotopic (exact) mass is 378 g/mol. The highest BCUT2D eigenvalue weighted by Gasteiger charge is 2.23. The average molecular weight is 379 g/mol. The van der Waals surface area contributed by atoms with Gasteiger partial charge in [-0.25, -0.2) is 0 Å². The first-order valence-corrected chi connectivity index (χ1v) is 9.75. The minimum absolute atomic E-state index is 0.0204. The summed E-state index contributed by atoms with van der Waals surface area (Å²) < 4.78 is 11.1. The summed E-state index contributed by atoms with van der Waals surface area (Å²) in [6, 6.07) is 16.2. The molecule has 0 saturated heterocycles. The molecule has 1 N–H and O–H groups in total. The van der Waals surface area contributed by atoms with Gasteiger partial charge in [-0.15, -0.1) is 11.6 Å². The van der Waals surface area contributed by atoms with E-state index < -0.39 is 0 Å². The van der Waals surface area contributed by atoms with Crippen molar-refractivity contribution in [2.45, 2.75) is 39.5 Å². The van der Waals surface area contributed by atoms with Crippen LogP contribution >= 0.6 is 11.6 Å². The van der Waals surface area contributed by atoms with Gasteiger partial charge in [-0.3, -0.25) is 0 Å². The molecule has 2 aromatic carbocycles. The van der Waals surface area contributed by atoms with Gasteiger partial charge in [-0.05, 0) is 41.8 Å². The van der Waals surface area contributed by atoms with Crippen molar-refractivity contribution in [2.24, 2.45) is 0 Å². The lowest BCUT2D eigenvalue weighted by atomic mass is 9.78. The predicted molar refractivity (Wildman–Crippen MR) is 110 cm³/mol. The molecule has 2 rings (SSSR count). The number of rotatable bonds is 9. The number of hydrogen-bond acceptors (Lipinski definition) is 3. The maximum Gasteiger partial charge on any atom is 0.119 e. The molecule has 0 radical (unpaired) electrons. The van der Waals surface area contributed by atoms with Crippen molar-refractivity contribution >= 4 is 11.6 Å². The van der Waals surface area contributed by atoms with Crippen LogP contribution in [0.4, 0.5) is 0 Å². The lowest BCUT2D eigenvalue weighted by molar-refractivity contribution is 0.201. The van der Waals surface area contributed by atoms with E-state index in [-0.39, 0.29) is 12.0 Å². The molecule has 0 fully saturated rings. The van der Waals surface area contributed by atoms with Gasteiger partial charge in [-0.2, -0.15) is 0 Å². The first-order chi connectivity index (χ1) is 12.6. The SMILES string of the molecule is CC.CC(C)(c1ccc(OCCO)cc1)c1ccc(OCCCCl)cc1. The highest BCUT2D eigenvalue weighted by atomic mass is 35.5. The number of aliphatic hydroxyl groups excluding tert-OH is 1. The minimum atomic E-state index is -0.121. The third kappa shape index (κ3) is 6.54. The van der Waals surface area contributed by atoms with Crippen LogP contribution in [-0.2, 0) is 5.41 Å². The van der Waals surface area contributed by atoms with E-state index in [4.69, 9.17) is 26.2 Å². The maximum absolute atomic E-state index is 8.81. The Kier molecular flexibility index (Phi) is 10.2. The summed E-state index contributed by atoms with van der Waals surface area (Å²) in [5.41, 5.74) is 2.30. The van der Waals surface area contributed by atoms with E-state index in [2.05, 4.69) is 38.1 Å². The van der Waals surface area contributed by atoms with E-state index in [1.807, 2.05) is 38.1 Å². The summed E-state index contributed by atoms with van der Waals surface area (Å²) in [5.74, 6) is 2.25. The molecule has 0 unspecified atom stereocenters. The molecule has 0 aliphatic heterocycles. The van der Waals surface area contributed by atoms with Crippen molar-refractivity contribution in [3.63, 3.8) is 0 Å². The van der Waals surface area contributed by atoms with E-state index in [0.29, 0.717) is 19.1 Å². The van der Waals surface area contributed by atoms with Crippen molar-refractivity contribution in [3.05, 3.63) is 59.7 Å². The van der Waals surface area contributed by atoms with E-state index in [9.17, 15) is 0 Å². The molecule has 0 aliphatic rings. The van der Waals surface area contributed by atoms with E-state index in [0.717, 1.165) is 17.9 Å². The number of benzene rings is 2. The second-order valence-corrected chi connectivity index (χ2v) is 6.51. The summed E-state index contributed by atoms with van der Waals surface area (Å²) in [6.45, 7) is 9.36. The van der Waals surface area contributed by atoms with Gasteiger partial charge in [0.15, 0.2) is 0 Å². The molecular weight excluding hydrogens is 348 g/mol. The van der Waals surface area contributed by atoms with Gasteiger partial charge in [0.05, 0.1) is 13.2 Å². The van der Waals surface area contributed by atoms with Crippen LogP contribution in [0.3, 0.4) is 0 Å². The fourth-order valence-electron chi connectivity index (χ4n) is 2.51. The van der Waals surface area contributed by atoms with Crippen LogP contribution in [0.15, 0.2) is 48.5 Å². The van der Waals surface area contributed by atoms with E-state index in [1.165, 1.54) is 11.1 Å². The highest BCUT2D eigenvalue weighted by Crippen LogP contribution is 2.33. The lowest BCUT2D eigenvalue weighted by Gasteiger charge is -2.26. The first kappa shape index (κ1) is 22.3. The number of alkyl halides is 1. The van der Waals surface area contributed by atoms with Crippen molar-refractivity contribution in [2.75, 3.05) is 25.7 Å². The van der Waals surface area contributed by atoms with Crippen molar-refractivity contribution in [1.29, 1.82) is 0 Å². The summed E-state index contributed by atoms with van der Waals surface area (Å²) in [7, 11) is 0. The normalized spacial score (nSPS) is 10.7. The lowest BCUT2D eigenvalue weighted by Crippen LogP contribution is -2.18. The Labute approximate surface area is 162 Å². The molecule has 144 valence electrons. The molecular formula is C22H31ClO3. The summed E-state index contributed by atoms with van der Waals surface area (Å²) >= 11 is 5.66. The Hall–Kier alpha value is -1.71. The molecule has 0 spiro atoms. The summed E-state index contributed by atoms with van der Waals surface area (Å²) in [5, 5.41) is 8.81. The molecule has 0 aromatic heterocycles. The Morgan fingerprint density at radius 1 is 0.808 bits per heavy atom. The van der Waals surface area contributed by atoms with Crippen LogP contribution in [0.2, 0.25) is 0 Å². The number of hydrogen-bond donors (Lipinski definition) is 1. The molecule has 0 bridgehead atoms. The predicted octanol–water partition coefficient (Wildman–Crippen LogP) is 5.42. The van der Waals surface area contributed by atoms with Gasteiger partial charge in [0, 0.05) is 11.3 Å². The Bertz CT molecular complexity index is 606. The van der Waals surface area contributed by atoms with Crippen molar-refractivity contribution < 1.29 is 14.6 Å². The molecule has 0 aliphatic carbocycles. The first-order valence-electron chi connectivity index (χ1n) is 9.21. The Morgan fingerprint density at radius 2 is 1.23 bits per heavy atom. The van der Waals surface area contributed by atoms with Gasteiger partial charge in [0.2, 0.25) is 0 Å². The van der Waals surface area contributed by atoms with Gasteiger partial charge in [0.1, 0.15) is 18.1 Å². The average Bonchev–Trinajstić information content (AvgIpc) is 2.69. The fraction of sp³-hybridized carbons (Fsp3) is 0.455. The van der Waals surface area contributed by atoms with Crippen molar-refractivity contribution in [3.8, 4) is 11.5 Å². The third-order valence-electron chi connectivity index (χ3n) is 4.06. The topological polar surface area (TPSA) is 38.7 Å².